The summed E-state index contributed by atoms with van der Waals surface area (Å²) in [4.78, 5) is 5.43. The van der Waals surface area contributed by atoms with Crippen molar-refractivity contribution in [2.24, 2.45) is 0 Å². The number of imidazole rings is 1. The molecule has 9 aromatic rings. The van der Waals surface area contributed by atoms with Crippen LogP contribution in [0.2, 0.25) is 0 Å². The van der Waals surface area contributed by atoms with Gasteiger partial charge in [0, 0.05) is 21.7 Å². The first-order valence-corrected chi connectivity index (χ1v) is 14.9. The number of rotatable bonds is 4. The van der Waals surface area contributed by atoms with Gasteiger partial charge in [-0.1, -0.05) is 127 Å². The highest BCUT2D eigenvalue weighted by Gasteiger charge is 2.22. The van der Waals surface area contributed by atoms with Crippen molar-refractivity contribution in [3.05, 3.63) is 158 Å². The molecule has 0 saturated heterocycles. The van der Waals surface area contributed by atoms with Gasteiger partial charge in [-0.25, -0.2) is 4.98 Å². The number of hydrogen-bond acceptors (Lipinski definition) is 2. The second-order valence-corrected chi connectivity index (χ2v) is 11.2. The summed E-state index contributed by atoms with van der Waals surface area (Å²) in [5.74, 6) is 0.852. The normalized spacial score (nSPS) is 11.6. The summed E-state index contributed by atoms with van der Waals surface area (Å²) in [6, 6.07) is 55.4. The van der Waals surface area contributed by atoms with Crippen LogP contribution in [0.15, 0.2) is 162 Å². The molecule has 3 nitrogen and oxygen atoms in total. The standard InChI is InChI=1S/C41H26N2O/c1-3-12-27(13-4-1)30-23-24-36(35(26-30)28-14-5-2-6-15-28)43-37-25-22-29-16-7-8-17-31(29)39(37)42-41(43)34-20-11-19-33-32-18-9-10-21-38(32)44-40(33)34/h1-26H. The van der Waals surface area contributed by atoms with Crippen molar-refractivity contribution in [2.75, 3.05) is 0 Å². The summed E-state index contributed by atoms with van der Waals surface area (Å²) in [5.41, 5.74) is 10.4. The predicted molar refractivity (Wildman–Crippen MR) is 182 cm³/mol. The molecule has 0 aliphatic rings. The summed E-state index contributed by atoms with van der Waals surface area (Å²) < 4.78 is 8.87. The van der Waals surface area contributed by atoms with Crippen LogP contribution in [0.25, 0.3) is 83.1 Å². The lowest BCUT2D eigenvalue weighted by Gasteiger charge is -2.17. The minimum Gasteiger partial charge on any atom is -0.455 e. The molecule has 0 bridgehead atoms. The number of para-hydroxylation sites is 2. The van der Waals surface area contributed by atoms with E-state index in [1.807, 2.05) is 12.1 Å². The maximum Gasteiger partial charge on any atom is 0.149 e. The first kappa shape index (κ1) is 24.6. The molecule has 0 saturated carbocycles. The smallest absolute Gasteiger partial charge is 0.149 e. The number of nitrogens with zero attached hydrogens (tertiary/aromatic N) is 2. The number of furan rings is 1. The third-order valence-electron chi connectivity index (χ3n) is 8.62. The van der Waals surface area contributed by atoms with Crippen molar-refractivity contribution in [3.63, 3.8) is 0 Å². The maximum atomic E-state index is 6.55. The van der Waals surface area contributed by atoms with Crippen molar-refractivity contribution in [3.8, 4) is 39.3 Å². The molecule has 0 aliphatic heterocycles. The molecule has 2 aromatic heterocycles. The molecule has 0 radical (unpaired) electrons. The van der Waals surface area contributed by atoms with Crippen LogP contribution >= 0.6 is 0 Å². The lowest BCUT2D eigenvalue weighted by molar-refractivity contribution is 0.669. The maximum absolute atomic E-state index is 6.55. The molecule has 0 fully saturated rings. The summed E-state index contributed by atoms with van der Waals surface area (Å²) >= 11 is 0. The van der Waals surface area contributed by atoms with Gasteiger partial charge in [0.1, 0.15) is 17.0 Å². The van der Waals surface area contributed by atoms with Crippen LogP contribution in [-0.2, 0) is 0 Å². The summed E-state index contributed by atoms with van der Waals surface area (Å²) in [6.45, 7) is 0. The van der Waals surface area contributed by atoms with Gasteiger partial charge in [0.2, 0.25) is 0 Å². The van der Waals surface area contributed by atoms with Crippen LogP contribution in [0.3, 0.4) is 0 Å². The Bertz CT molecular complexity index is 2490. The monoisotopic (exact) mass is 562 g/mol. The van der Waals surface area contributed by atoms with Gasteiger partial charge in [-0.3, -0.25) is 4.57 Å². The molecule has 206 valence electrons. The van der Waals surface area contributed by atoms with Gasteiger partial charge < -0.3 is 4.42 Å². The molecular weight excluding hydrogens is 536 g/mol. The Morgan fingerprint density at radius 3 is 2.02 bits per heavy atom. The van der Waals surface area contributed by atoms with E-state index < -0.39 is 0 Å². The Balaban J connectivity index is 1.41. The number of fused-ring (bicyclic) bond motifs is 6. The molecular formula is C41H26N2O. The van der Waals surface area contributed by atoms with Crippen molar-refractivity contribution in [2.45, 2.75) is 0 Å². The zero-order chi connectivity index (χ0) is 29.0. The Kier molecular flexibility index (Phi) is 5.50. The first-order chi connectivity index (χ1) is 21.8. The molecule has 0 unspecified atom stereocenters. The average molecular weight is 563 g/mol. The highest BCUT2D eigenvalue weighted by Crippen LogP contribution is 2.41. The third kappa shape index (κ3) is 3.80. The van der Waals surface area contributed by atoms with E-state index >= 15 is 0 Å². The van der Waals surface area contributed by atoms with E-state index in [9.17, 15) is 0 Å². The highest BCUT2D eigenvalue weighted by atomic mass is 16.3. The quantitative estimate of drug-likeness (QED) is 0.214. The molecule has 9 rings (SSSR count). The number of hydrogen-bond donors (Lipinski definition) is 0. The Morgan fingerprint density at radius 2 is 1.18 bits per heavy atom. The third-order valence-corrected chi connectivity index (χ3v) is 8.62. The number of aromatic nitrogens is 2. The zero-order valence-corrected chi connectivity index (χ0v) is 23.8. The minimum absolute atomic E-state index is 0.844. The van der Waals surface area contributed by atoms with Gasteiger partial charge in [0.05, 0.1) is 22.3 Å². The van der Waals surface area contributed by atoms with Gasteiger partial charge in [0.15, 0.2) is 0 Å². The van der Waals surface area contributed by atoms with Crippen LogP contribution < -0.4 is 0 Å². The molecule has 0 N–H and O–H groups in total. The van der Waals surface area contributed by atoms with E-state index in [1.54, 1.807) is 0 Å². The fraction of sp³-hybridized carbons (Fsp3) is 0. The largest absolute Gasteiger partial charge is 0.455 e. The van der Waals surface area contributed by atoms with Crippen molar-refractivity contribution in [1.29, 1.82) is 0 Å². The highest BCUT2D eigenvalue weighted by molar-refractivity contribution is 6.11. The van der Waals surface area contributed by atoms with Crippen LogP contribution in [0.1, 0.15) is 0 Å². The number of benzene rings is 7. The van der Waals surface area contributed by atoms with Crippen molar-refractivity contribution >= 4 is 43.7 Å². The van der Waals surface area contributed by atoms with Gasteiger partial charge in [-0.05, 0) is 52.4 Å². The zero-order valence-electron chi connectivity index (χ0n) is 23.8. The molecule has 2 heterocycles. The summed E-state index contributed by atoms with van der Waals surface area (Å²) in [5, 5.41) is 4.49. The Morgan fingerprint density at radius 1 is 0.477 bits per heavy atom. The predicted octanol–water partition coefficient (Wildman–Crippen LogP) is 11.1. The topological polar surface area (TPSA) is 31.0 Å². The SMILES string of the molecule is c1ccc(-c2ccc(-n3c(-c4cccc5c4oc4ccccc45)nc4c5ccccc5ccc43)c(-c3ccccc3)c2)cc1. The van der Waals surface area contributed by atoms with Crippen LogP contribution in [-0.4, -0.2) is 9.55 Å². The van der Waals surface area contributed by atoms with Gasteiger partial charge >= 0.3 is 0 Å². The molecule has 0 aliphatic carbocycles. The fourth-order valence-electron chi connectivity index (χ4n) is 6.55. The van der Waals surface area contributed by atoms with Crippen molar-refractivity contribution in [1.82, 2.24) is 9.55 Å². The van der Waals surface area contributed by atoms with E-state index in [4.69, 9.17) is 9.40 Å². The molecule has 0 spiro atoms. The second-order valence-electron chi connectivity index (χ2n) is 11.2. The Labute approximate surface area is 254 Å². The molecule has 0 atom stereocenters. The van der Waals surface area contributed by atoms with Crippen LogP contribution in [0, 0.1) is 0 Å². The lowest BCUT2D eigenvalue weighted by atomic mass is 9.97. The van der Waals surface area contributed by atoms with Crippen molar-refractivity contribution < 1.29 is 4.42 Å². The van der Waals surface area contributed by atoms with Gasteiger partial charge in [-0.2, -0.15) is 0 Å². The lowest BCUT2D eigenvalue weighted by Crippen LogP contribution is -2.01. The van der Waals surface area contributed by atoms with E-state index in [1.165, 1.54) is 16.5 Å². The fourth-order valence-corrected chi connectivity index (χ4v) is 6.55. The average Bonchev–Trinajstić information content (AvgIpc) is 3.68. The van der Waals surface area contributed by atoms with E-state index in [0.29, 0.717) is 0 Å². The minimum atomic E-state index is 0.844. The van der Waals surface area contributed by atoms with E-state index in [2.05, 4.69) is 150 Å². The molecule has 0 amide bonds. The summed E-state index contributed by atoms with van der Waals surface area (Å²) in [6.07, 6.45) is 0. The van der Waals surface area contributed by atoms with E-state index in [0.717, 1.165) is 66.6 Å². The second kappa shape index (κ2) is 9.82. The molecule has 7 aromatic carbocycles. The molecule has 44 heavy (non-hydrogen) atoms. The summed E-state index contributed by atoms with van der Waals surface area (Å²) in [7, 11) is 0. The van der Waals surface area contributed by atoms with Crippen LogP contribution in [0.5, 0.6) is 0 Å². The molecule has 3 heteroatoms. The van der Waals surface area contributed by atoms with Gasteiger partial charge in [0.25, 0.3) is 0 Å². The van der Waals surface area contributed by atoms with Gasteiger partial charge in [-0.15, -0.1) is 0 Å². The first-order valence-electron chi connectivity index (χ1n) is 14.9. The van der Waals surface area contributed by atoms with Crippen LogP contribution in [0.4, 0.5) is 0 Å². The Hall–Kier alpha value is -5.93. The van der Waals surface area contributed by atoms with E-state index in [-0.39, 0.29) is 0 Å².